The van der Waals surface area contributed by atoms with E-state index >= 15 is 0 Å². The van der Waals surface area contributed by atoms with Crippen molar-refractivity contribution in [2.75, 3.05) is 18.0 Å². The zero-order valence-corrected chi connectivity index (χ0v) is 18.9. The molecule has 7 nitrogen and oxygen atoms in total. The molecule has 0 spiro atoms. The molecule has 3 rings (SSSR count). The van der Waals surface area contributed by atoms with Gasteiger partial charge in [0.2, 0.25) is 11.9 Å². The van der Waals surface area contributed by atoms with E-state index in [9.17, 15) is 4.79 Å². The summed E-state index contributed by atoms with van der Waals surface area (Å²) < 4.78 is 12.2. The topological polar surface area (TPSA) is 67.8 Å². The fourth-order valence-electron chi connectivity index (χ4n) is 3.94. The summed E-state index contributed by atoms with van der Waals surface area (Å²) in [6.45, 7) is 15.6. The van der Waals surface area contributed by atoms with Crippen LogP contribution in [-0.2, 0) is 14.1 Å². The van der Waals surface area contributed by atoms with Crippen molar-refractivity contribution in [1.82, 2.24) is 14.9 Å². The number of carbonyl (C=O) groups is 1. The van der Waals surface area contributed by atoms with Crippen molar-refractivity contribution < 1.29 is 14.1 Å². The summed E-state index contributed by atoms with van der Waals surface area (Å²) in [5.41, 5.74) is 0.0358. The Morgan fingerprint density at radius 1 is 1.21 bits per heavy atom. The van der Waals surface area contributed by atoms with Gasteiger partial charge in [-0.2, -0.15) is 0 Å². The number of nitrogens with zero attached hydrogens (tertiary/aromatic N) is 4. The minimum atomic E-state index is -0.465. The number of aromatic nitrogens is 2. The number of anilines is 1. The average molecular weight is 402 g/mol. The smallest absolute Gasteiger partial charge is 0.399 e. The van der Waals surface area contributed by atoms with Gasteiger partial charge in [0.25, 0.3) is 0 Å². The van der Waals surface area contributed by atoms with Crippen molar-refractivity contribution in [3.05, 3.63) is 12.4 Å². The lowest BCUT2D eigenvalue weighted by Gasteiger charge is -2.39. The summed E-state index contributed by atoms with van der Waals surface area (Å²) in [6.07, 6.45) is 6.85. The number of hydrogen-bond acceptors (Lipinski definition) is 6. The zero-order valence-electron chi connectivity index (χ0n) is 18.9. The minimum absolute atomic E-state index is 0.149. The first-order valence-corrected chi connectivity index (χ1v) is 10.7. The third-order valence-corrected chi connectivity index (χ3v) is 6.50. The quantitative estimate of drug-likeness (QED) is 0.705. The second kappa shape index (κ2) is 8.22. The number of carbonyl (C=O) groups excluding carboxylic acids is 1. The highest BCUT2D eigenvalue weighted by molar-refractivity contribution is 6.61. The van der Waals surface area contributed by atoms with Crippen LogP contribution < -0.4 is 10.4 Å². The highest BCUT2D eigenvalue weighted by Crippen LogP contribution is 2.36. The molecule has 0 bridgehead atoms. The van der Waals surface area contributed by atoms with Crippen molar-refractivity contribution >= 4 is 24.4 Å². The predicted octanol–water partition coefficient (Wildman–Crippen LogP) is 2.39. The van der Waals surface area contributed by atoms with Crippen LogP contribution in [0.4, 0.5) is 5.95 Å². The fourth-order valence-corrected chi connectivity index (χ4v) is 3.94. The maximum absolute atomic E-state index is 12.0. The van der Waals surface area contributed by atoms with Crippen LogP contribution in [0, 0.1) is 0 Å². The molecule has 1 amide bonds. The predicted molar refractivity (Wildman–Crippen MR) is 115 cm³/mol. The molecule has 1 aromatic rings. The molecule has 2 fully saturated rings. The number of amides is 1. The highest BCUT2D eigenvalue weighted by atomic mass is 16.7. The lowest BCUT2D eigenvalue weighted by Crippen LogP contribution is -2.50. The van der Waals surface area contributed by atoms with Crippen LogP contribution in [0.2, 0.25) is 0 Å². The van der Waals surface area contributed by atoms with Crippen LogP contribution in [0.1, 0.15) is 67.7 Å². The van der Waals surface area contributed by atoms with Crippen molar-refractivity contribution in [3.8, 4) is 0 Å². The average Bonchev–Trinajstić information content (AvgIpc) is 2.87. The van der Waals surface area contributed by atoms with Crippen LogP contribution in [0.3, 0.4) is 0 Å². The molecule has 2 aliphatic heterocycles. The fraction of sp³-hybridized carbons (Fsp3) is 0.762. The first kappa shape index (κ1) is 22.0. The largest absolute Gasteiger partial charge is 0.498 e. The van der Waals surface area contributed by atoms with Gasteiger partial charge >= 0.3 is 7.12 Å². The van der Waals surface area contributed by atoms with Crippen molar-refractivity contribution in [1.29, 1.82) is 0 Å². The molecule has 0 saturated carbocycles. The molecule has 0 aliphatic carbocycles. The van der Waals surface area contributed by atoms with Crippen molar-refractivity contribution in [2.24, 2.45) is 0 Å². The van der Waals surface area contributed by atoms with E-state index < -0.39 is 18.3 Å². The molecule has 0 radical (unpaired) electrons. The van der Waals surface area contributed by atoms with E-state index in [0.29, 0.717) is 5.95 Å². The minimum Gasteiger partial charge on any atom is -0.399 e. The van der Waals surface area contributed by atoms with Gasteiger partial charge in [0.05, 0.1) is 11.2 Å². The van der Waals surface area contributed by atoms with E-state index in [1.54, 1.807) is 19.3 Å². The van der Waals surface area contributed by atoms with Gasteiger partial charge in [-0.3, -0.25) is 4.79 Å². The van der Waals surface area contributed by atoms with E-state index in [1.807, 2.05) is 32.6 Å². The Bertz CT molecular complexity index is 707. The summed E-state index contributed by atoms with van der Waals surface area (Å²) in [5.74, 6) is 0.824. The lowest BCUT2D eigenvalue weighted by molar-refractivity contribution is -0.132. The molecular formula is C21H35BN4O3. The Balaban J connectivity index is 1.75. The third-order valence-electron chi connectivity index (χ3n) is 6.50. The lowest BCUT2D eigenvalue weighted by atomic mass is 9.81. The first-order valence-electron chi connectivity index (χ1n) is 10.7. The van der Waals surface area contributed by atoms with Crippen LogP contribution >= 0.6 is 0 Å². The van der Waals surface area contributed by atoms with Crippen molar-refractivity contribution in [3.63, 3.8) is 0 Å². The molecule has 160 valence electrons. The van der Waals surface area contributed by atoms with E-state index in [0.717, 1.165) is 37.8 Å². The Kier molecular flexibility index (Phi) is 6.25. The number of rotatable bonds is 5. The Labute approximate surface area is 175 Å². The maximum atomic E-state index is 12.0. The van der Waals surface area contributed by atoms with Crippen LogP contribution in [0.5, 0.6) is 0 Å². The van der Waals surface area contributed by atoms with E-state index in [-0.39, 0.29) is 18.0 Å². The molecule has 0 aromatic carbocycles. The summed E-state index contributed by atoms with van der Waals surface area (Å²) in [6, 6.07) is 0.434. The van der Waals surface area contributed by atoms with Crippen LogP contribution in [-0.4, -0.2) is 64.3 Å². The molecule has 1 aromatic heterocycles. The second-order valence-corrected chi connectivity index (χ2v) is 9.51. The summed E-state index contributed by atoms with van der Waals surface area (Å²) in [7, 11) is -0.465. The Morgan fingerprint density at radius 2 is 1.79 bits per heavy atom. The molecule has 1 atom stereocenters. The van der Waals surface area contributed by atoms with Gasteiger partial charge in [-0.1, -0.05) is 0 Å². The van der Waals surface area contributed by atoms with E-state index in [4.69, 9.17) is 9.31 Å². The van der Waals surface area contributed by atoms with Crippen LogP contribution in [0.15, 0.2) is 12.4 Å². The number of piperidine rings is 1. The van der Waals surface area contributed by atoms with Gasteiger partial charge < -0.3 is 19.1 Å². The maximum Gasteiger partial charge on any atom is 0.498 e. The van der Waals surface area contributed by atoms with Crippen LogP contribution in [0.25, 0.3) is 0 Å². The van der Waals surface area contributed by atoms with E-state index in [2.05, 4.69) is 28.7 Å². The van der Waals surface area contributed by atoms with Gasteiger partial charge in [0, 0.05) is 50.0 Å². The van der Waals surface area contributed by atoms with Gasteiger partial charge in [0.15, 0.2) is 0 Å². The molecule has 0 N–H and O–H groups in total. The van der Waals surface area contributed by atoms with Crippen molar-refractivity contribution in [2.45, 2.75) is 91.0 Å². The van der Waals surface area contributed by atoms with Gasteiger partial charge in [-0.15, -0.1) is 0 Å². The summed E-state index contributed by atoms with van der Waals surface area (Å²) >= 11 is 0. The first-order chi connectivity index (χ1) is 13.5. The molecule has 8 heteroatoms. The molecule has 2 aliphatic rings. The molecule has 2 saturated heterocycles. The normalized spacial score (nSPS) is 23.5. The summed E-state index contributed by atoms with van der Waals surface area (Å²) in [4.78, 5) is 25.5. The zero-order chi connectivity index (χ0) is 21.4. The number of likely N-dealkylation sites (tertiary alicyclic amines) is 1. The van der Waals surface area contributed by atoms with Gasteiger partial charge in [-0.25, -0.2) is 9.97 Å². The third kappa shape index (κ3) is 4.58. The van der Waals surface area contributed by atoms with Gasteiger partial charge in [0.1, 0.15) is 0 Å². The van der Waals surface area contributed by atoms with Gasteiger partial charge in [-0.05, 0) is 60.8 Å². The molecule has 29 heavy (non-hydrogen) atoms. The standard InChI is InChI=1S/C21H35BN4O3/c1-15(2)26(14-18-10-8-9-11-25(18)16(3)27)19-23-12-17(13-24-19)22-28-20(4,5)21(6,7)29-22/h12-13,15,18H,8-11,14H2,1-7H3/t18-/m0/s1. The summed E-state index contributed by atoms with van der Waals surface area (Å²) in [5, 5.41) is 0. The number of hydrogen-bond donors (Lipinski definition) is 0. The molecule has 0 unspecified atom stereocenters. The van der Waals surface area contributed by atoms with E-state index in [1.165, 1.54) is 0 Å². The molecular weight excluding hydrogens is 367 g/mol. The Morgan fingerprint density at radius 3 is 2.31 bits per heavy atom. The highest BCUT2D eigenvalue weighted by Gasteiger charge is 2.52. The monoisotopic (exact) mass is 402 g/mol. The second-order valence-electron chi connectivity index (χ2n) is 9.51. The SMILES string of the molecule is CC(=O)N1CCCC[C@H]1CN(c1ncc(B2OC(C)(C)C(C)(C)O2)cn1)C(C)C. The molecule has 3 heterocycles. The Hall–Kier alpha value is -1.67.